The van der Waals surface area contributed by atoms with E-state index in [1.807, 2.05) is 6.92 Å². The quantitative estimate of drug-likeness (QED) is 0.250. The van der Waals surface area contributed by atoms with Gasteiger partial charge in [0.1, 0.15) is 11.6 Å². The standard InChI is InChI=1S/C30H27F5N6O/c1-15-10-21(31)11-19(16(2)40-24-8-7-23(32)27(33)26(24)28(34)35)6-9-25(41(5)30(15)42)20-12-37-29(38-13-20)22-14-36-18(4)39-17(22)3/h6-14,16,28,40H,1-5H3/t16-/m1/s1. The Morgan fingerprint density at radius 2 is 1.60 bits per heavy atom. The number of nitrogens with one attached hydrogen (secondary N) is 1. The molecule has 0 amide bonds. The molecule has 1 aromatic carbocycles. The topological polar surface area (TPSA) is 85.6 Å². The Hall–Kier alpha value is -4.74. The first-order valence-corrected chi connectivity index (χ1v) is 12.8. The molecule has 4 aromatic rings. The number of alkyl halides is 2. The maximum Gasteiger partial charge on any atom is 0.268 e. The first kappa shape index (κ1) is 30.2. The largest absolute Gasteiger partial charge is 0.378 e. The average Bonchev–Trinajstić information content (AvgIpc) is 2.93. The molecule has 12 heteroatoms. The van der Waals surface area contributed by atoms with Crippen molar-refractivity contribution in [1.29, 1.82) is 0 Å². The predicted octanol–water partition coefficient (Wildman–Crippen LogP) is 6.88. The number of anilines is 1. The van der Waals surface area contributed by atoms with Gasteiger partial charge in [0.2, 0.25) is 0 Å². The first-order valence-electron chi connectivity index (χ1n) is 12.8. The summed E-state index contributed by atoms with van der Waals surface area (Å²) < 4.78 is 71.2. The van der Waals surface area contributed by atoms with Crippen molar-refractivity contribution in [3.05, 3.63) is 111 Å². The second-order valence-corrected chi connectivity index (χ2v) is 9.64. The predicted molar refractivity (Wildman–Crippen MR) is 149 cm³/mol. The van der Waals surface area contributed by atoms with Crippen LogP contribution in [0.5, 0.6) is 0 Å². The number of nitrogens with zero attached hydrogens (tertiary/aromatic N) is 5. The van der Waals surface area contributed by atoms with Gasteiger partial charge in [0.15, 0.2) is 17.5 Å². The fourth-order valence-electron chi connectivity index (χ4n) is 4.36. The van der Waals surface area contributed by atoms with Gasteiger partial charge in [-0.2, -0.15) is 0 Å². The summed E-state index contributed by atoms with van der Waals surface area (Å²) in [5, 5.41) is 2.72. The van der Waals surface area contributed by atoms with Crippen molar-refractivity contribution in [2.75, 3.05) is 5.32 Å². The van der Waals surface area contributed by atoms with Crippen LogP contribution < -0.4 is 10.9 Å². The van der Waals surface area contributed by atoms with Gasteiger partial charge in [0, 0.05) is 48.5 Å². The van der Waals surface area contributed by atoms with Crippen LogP contribution >= 0.6 is 0 Å². The molecule has 0 spiro atoms. The van der Waals surface area contributed by atoms with E-state index in [9.17, 15) is 26.7 Å². The van der Waals surface area contributed by atoms with E-state index in [4.69, 9.17) is 0 Å². The third kappa shape index (κ3) is 6.42. The molecule has 7 nitrogen and oxygen atoms in total. The molecule has 218 valence electrons. The summed E-state index contributed by atoms with van der Waals surface area (Å²) in [5.41, 5.74) is 0.534. The van der Waals surface area contributed by atoms with Gasteiger partial charge in [0.25, 0.3) is 12.0 Å². The van der Waals surface area contributed by atoms with Crippen LogP contribution in [0.3, 0.4) is 0 Å². The van der Waals surface area contributed by atoms with Crippen molar-refractivity contribution < 1.29 is 22.0 Å². The Bertz CT molecular complexity index is 1760. The first-order chi connectivity index (χ1) is 19.9. The van der Waals surface area contributed by atoms with E-state index in [-0.39, 0.29) is 16.8 Å². The highest BCUT2D eigenvalue weighted by atomic mass is 19.3. The van der Waals surface area contributed by atoms with Gasteiger partial charge in [0.05, 0.1) is 22.5 Å². The van der Waals surface area contributed by atoms with Crippen LogP contribution in [0.25, 0.3) is 22.6 Å². The van der Waals surface area contributed by atoms with Gasteiger partial charge in [-0.3, -0.25) is 4.79 Å². The molecular weight excluding hydrogens is 555 g/mol. The van der Waals surface area contributed by atoms with E-state index in [0.29, 0.717) is 34.2 Å². The highest BCUT2D eigenvalue weighted by molar-refractivity contribution is 5.62. The van der Waals surface area contributed by atoms with Crippen molar-refractivity contribution in [3.8, 4) is 22.6 Å². The molecule has 42 heavy (non-hydrogen) atoms. The van der Waals surface area contributed by atoms with Gasteiger partial charge in [-0.15, -0.1) is 0 Å². The van der Waals surface area contributed by atoms with Crippen molar-refractivity contribution in [1.82, 2.24) is 24.5 Å². The average molecular weight is 583 g/mol. The molecule has 0 unspecified atom stereocenters. The number of benzene rings is 1. The zero-order chi connectivity index (χ0) is 30.7. The zero-order valence-corrected chi connectivity index (χ0v) is 23.4. The lowest BCUT2D eigenvalue weighted by atomic mass is 10.1. The fourth-order valence-corrected chi connectivity index (χ4v) is 4.36. The normalized spacial score (nSPS) is 11.8. The van der Waals surface area contributed by atoms with Gasteiger partial charge < -0.3 is 9.88 Å². The minimum absolute atomic E-state index is 0.0876. The number of aryl methyl sites for hydroxylation is 3. The zero-order valence-electron chi connectivity index (χ0n) is 23.4. The fraction of sp³-hybridized carbons (Fsp3) is 0.233. The van der Waals surface area contributed by atoms with E-state index in [0.717, 1.165) is 24.3 Å². The van der Waals surface area contributed by atoms with E-state index >= 15 is 0 Å². The number of halogens is 5. The third-order valence-corrected chi connectivity index (χ3v) is 6.61. The van der Waals surface area contributed by atoms with Crippen LogP contribution in [0, 0.1) is 38.2 Å². The summed E-state index contributed by atoms with van der Waals surface area (Å²) in [7, 11) is 1.51. The molecule has 3 aromatic heterocycles. The summed E-state index contributed by atoms with van der Waals surface area (Å²) in [6.07, 6.45) is 1.36. The van der Waals surface area contributed by atoms with Gasteiger partial charge in [-0.05, 0) is 63.6 Å². The van der Waals surface area contributed by atoms with E-state index < -0.39 is 41.0 Å². The molecule has 0 radical (unpaired) electrons. The number of hydrogen-bond donors (Lipinski definition) is 1. The van der Waals surface area contributed by atoms with Crippen molar-refractivity contribution in [2.45, 2.75) is 40.2 Å². The highest BCUT2D eigenvalue weighted by Crippen LogP contribution is 2.33. The Kier molecular flexibility index (Phi) is 8.93. The lowest BCUT2D eigenvalue weighted by Gasteiger charge is -2.19. The molecule has 0 saturated carbocycles. The third-order valence-electron chi connectivity index (χ3n) is 6.61. The van der Waals surface area contributed by atoms with Crippen LogP contribution in [-0.2, 0) is 7.05 Å². The number of hydrogen-bond acceptors (Lipinski definition) is 6. The summed E-state index contributed by atoms with van der Waals surface area (Å²) in [5.74, 6) is -2.86. The molecule has 0 aliphatic rings. The number of rotatable bonds is 6. The summed E-state index contributed by atoms with van der Waals surface area (Å²) in [6, 6.07) is 6.05. The molecule has 0 fully saturated rings. The SMILES string of the molecule is Cc1ncc(-c2ncc(-c3ccc([C@@H](C)Nc4ccc(F)c(F)c4C(F)F)cc(F)cc(C)c(=O)n3C)cn2)c(C)n1. The Morgan fingerprint density at radius 1 is 0.905 bits per heavy atom. The molecule has 4 rings (SSSR count). The molecule has 0 saturated heterocycles. The lowest BCUT2D eigenvalue weighted by Crippen LogP contribution is -2.19. The van der Waals surface area contributed by atoms with Crippen LogP contribution in [-0.4, -0.2) is 24.5 Å². The minimum Gasteiger partial charge on any atom is -0.378 e. The van der Waals surface area contributed by atoms with Gasteiger partial charge >= 0.3 is 0 Å². The van der Waals surface area contributed by atoms with Gasteiger partial charge in [-0.25, -0.2) is 41.9 Å². The molecule has 0 aliphatic heterocycles. The van der Waals surface area contributed by atoms with Crippen molar-refractivity contribution >= 4 is 5.69 Å². The summed E-state index contributed by atoms with van der Waals surface area (Å²) in [4.78, 5) is 30.4. The minimum atomic E-state index is -3.30. The van der Waals surface area contributed by atoms with Crippen molar-refractivity contribution in [3.63, 3.8) is 0 Å². The molecule has 0 aliphatic carbocycles. The molecule has 1 N–H and O–H groups in total. The molecular formula is C30H27F5N6O. The summed E-state index contributed by atoms with van der Waals surface area (Å²) >= 11 is 0. The monoisotopic (exact) mass is 582 g/mol. The van der Waals surface area contributed by atoms with Crippen molar-refractivity contribution in [2.24, 2.45) is 7.05 Å². The van der Waals surface area contributed by atoms with E-state index in [2.05, 4.69) is 25.3 Å². The molecule has 3 heterocycles. The maximum atomic E-state index is 14.9. The number of aromatic nitrogens is 5. The second-order valence-electron chi connectivity index (χ2n) is 9.64. The second kappa shape index (κ2) is 12.4. The molecule has 1 atom stereocenters. The van der Waals surface area contributed by atoms with Crippen LogP contribution in [0.15, 0.2) is 59.8 Å². The van der Waals surface area contributed by atoms with Crippen LogP contribution in [0.1, 0.15) is 47.6 Å². The molecule has 0 bridgehead atoms. The highest BCUT2D eigenvalue weighted by Gasteiger charge is 2.23. The Balaban J connectivity index is 1.83. The van der Waals surface area contributed by atoms with E-state index in [1.165, 1.54) is 43.1 Å². The van der Waals surface area contributed by atoms with E-state index in [1.54, 1.807) is 20.0 Å². The van der Waals surface area contributed by atoms with Crippen LogP contribution in [0.2, 0.25) is 0 Å². The van der Waals surface area contributed by atoms with Crippen LogP contribution in [0.4, 0.5) is 27.6 Å². The lowest BCUT2D eigenvalue weighted by molar-refractivity contribution is 0.146. The Morgan fingerprint density at radius 3 is 2.24 bits per heavy atom. The Labute approximate surface area is 238 Å². The smallest absolute Gasteiger partial charge is 0.268 e. The van der Waals surface area contributed by atoms with Gasteiger partial charge in [-0.1, -0.05) is 6.07 Å². The maximum absolute atomic E-state index is 14.9. The summed E-state index contributed by atoms with van der Waals surface area (Å²) in [6.45, 7) is 6.57.